The number of fused-ring (bicyclic) bond motifs is 1. The van der Waals surface area contributed by atoms with Crippen molar-refractivity contribution < 1.29 is 32.9 Å². The molecule has 0 saturated heterocycles. The number of hydrogen-bond donors (Lipinski definition) is 0. The van der Waals surface area contributed by atoms with Gasteiger partial charge in [0.2, 0.25) is 11.2 Å². The molecule has 0 amide bonds. The van der Waals surface area contributed by atoms with E-state index in [1.54, 1.807) is 60.7 Å². The predicted molar refractivity (Wildman–Crippen MR) is 130 cm³/mol. The second-order valence-corrected chi connectivity index (χ2v) is 7.44. The summed E-state index contributed by atoms with van der Waals surface area (Å²) in [6, 6.07) is 16.7. The van der Waals surface area contributed by atoms with E-state index >= 15 is 0 Å². The van der Waals surface area contributed by atoms with Gasteiger partial charge in [-0.05, 0) is 48.5 Å². The van der Waals surface area contributed by atoms with Crippen LogP contribution in [0.2, 0.25) is 0 Å². The summed E-state index contributed by atoms with van der Waals surface area (Å²) < 4.78 is 33.1. The molecule has 1 aromatic heterocycles. The minimum atomic E-state index is -0.392. The normalized spacial score (nSPS) is 10.6. The maximum atomic E-state index is 13.3. The zero-order chi connectivity index (χ0) is 24.9. The van der Waals surface area contributed by atoms with Gasteiger partial charge in [-0.15, -0.1) is 0 Å². The van der Waals surface area contributed by atoms with Gasteiger partial charge < -0.3 is 28.1 Å². The average molecular weight is 476 g/mol. The lowest BCUT2D eigenvalue weighted by Crippen LogP contribution is -2.17. The summed E-state index contributed by atoms with van der Waals surface area (Å²) in [6.45, 7) is -0.390. The van der Waals surface area contributed by atoms with Crippen LogP contribution in [0.5, 0.6) is 28.7 Å². The van der Waals surface area contributed by atoms with E-state index in [4.69, 9.17) is 28.1 Å². The van der Waals surface area contributed by atoms with Crippen LogP contribution in [0.1, 0.15) is 10.4 Å². The van der Waals surface area contributed by atoms with Crippen molar-refractivity contribution in [3.05, 3.63) is 76.5 Å². The number of para-hydroxylation sites is 1. The third-order valence-electron chi connectivity index (χ3n) is 5.46. The van der Waals surface area contributed by atoms with Gasteiger partial charge in [-0.3, -0.25) is 9.59 Å². The minimum Gasteiger partial charge on any atom is -0.493 e. The molecular weight excluding hydrogens is 452 g/mol. The van der Waals surface area contributed by atoms with Crippen LogP contribution in [0.3, 0.4) is 0 Å². The number of carbonyl (C=O) groups is 1. The van der Waals surface area contributed by atoms with E-state index in [1.165, 1.54) is 28.4 Å². The van der Waals surface area contributed by atoms with Gasteiger partial charge in [0.15, 0.2) is 41.1 Å². The third kappa shape index (κ3) is 4.63. The number of methoxy groups -OCH3 is 4. The number of benzene rings is 3. The summed E-state index contributed by atoms with van der Waals surface area (Å²) in [5.41, 5.74) is 0.872. The second kappa shape index (κ2) is 10.2. The zero-order valence-electron chi connectivity index (χ0n) is 19.7. The first-order chi connectivity index (χ1) is 17.0. The summed E-state index contributed by atoms with van der Waals surface area (Å²) in [6.07, 6.45) is 0. The summed E-state index contributed by atoms with van der Waals surface area (Å²) in [4.78, 5) is 26.2. The fourth-order valence-corrected chi connectivity index (χ4v) is 3.65. The lowest BCUT2D eigenvalue weighted by Gasteiger charge is -2.14. The lowest BCUT2D eigenvalue weighted by atomic mass is 10.1. The van der Waals surface area contributed by atoms with E-state index in [1.807, 2.05) is 0 Å². The first-order valence-electron chi connectivity index (χ1n) is 10.7. The number of hydrogen-bond acceptors (Lipinski definition) is 8. The monoisotopic (exact) mass is 476 g/mol. The molecule has 3 aromatic carbocycles. The Balaban J connectivity index is 1.75. The number of rotatable bonds is 9. The molecule has 1 heterocycles. The van der Waals surface area contributed by atoms with E-state index in [0.717, 1.165) is 0 Å². The van der Waals surface area contributed by atoms with Gasteiger partial charge in [0, 0.05) is 11.1 Å². The van der Waals surface area contributed by atoms with Crippen LogP contribution in [0, 0.1) is 0 Å². The molecule has 0 aliphatic rings. The Morgan fingerprint density at radius 3 is 2.09 bits per heavy atom. The molecule has 0 N–H and O–H groups in total. The average Bonchev–Trinajstić information content (AvgIpc) is 2.91. The first kappa shape index (κ1) is 23.7. The van der Waals surface area contributed by atoms with Crippen LogP contribution in [0.25, 0.3) is 22.3 Å². The topological polar surface area (TPSA) is 93.4 Å². The molecule has 0 fully saturated rings. The highest BCUT2D eigenvalue weighted by molar-refractivity contribution is 5.98. The van der Waals surface area contributed by atoms with Gasteiger partial charge in [0.05, 0.1) is 33.8 Å². The Kier molecular flexibility index (Phi) is 6.91. The van der Waals surface area contributed by atoms with Crippen LogP contribution >= 0.6 is 0 Å². The SMILES string of the molecule is COc1ccc(C(=O)COc2c(-c3ccc(OC)c(OC)c3)oc3ccccc3c2=O)cc1OC. The zero-order valence-corrected chi connectivity index (χ0v) is 19.7. The van der Waals surface area contributed by atoms with Gasteiger partial charge in [-0.2, -0.15) is 0 Å². The van der Waals surface area contributed by atoms with Crippen molar-refractivity contribution in [2.24, 2.45) is 0 Å². The quantitative estimate of drug-likeness (QED) is 0.319. The van der Waals surface area contributed by atoms with Crippen LogP contribution < -0.4 is 29.1 Å². The third-order valence-corrected chi connectivity index (χ3v) is 5.46. The summed E-state index contributed by atoms with van der Waals surface area (Å²) >= 11 is 0. The van der Waals surface area contributed by atoms with Crippen molar-refractivity contribution in [1.82, 2.24) is 0 Å². The minimum absolute atomic E-state index is 0.0789. The maximum Gasteiger partial charge on any atom is 0.235 e. The standard InChI is InChI=1S/C27H24O8/c1-30-21-11-9-16(13-23(21)32-3)19(28)15-34-27-25(29)18-7-5-6-8-20(18)35-26(27)17-10-12-22(31-2)24(14-17)33-4/h5-14H,15H2,1-4H3. The Hall–Kier alpha value is -4.46. The van der Waals surface area contributed by atoms with Crippen molar-refractivity contribution in [3.63, 3.8) is 0 Å². The predicted octanol–water partition coefficient (Wildman–Crippen LogP) is 4.76. The molecule has 4 rings (SSSR count). The van der Waals surface area contributed by atoms with Crippen LogP contribution in [0.4, 0.5) is 0 Å². The van der Waals surface area contributed by atoms with Gasteiger partial charge in [0.1, 0.15) is 5.58 Å². The smallest absolute Gasteiger partial charge is 0.235 e. The van der Waals surface area contributed by atoms with Crippen LogP contribution in [-0.4, -0.2) is 40.8 Å². The number of ketones is 1. The van der Waals surface area contributed by atoms with Crippen molar-refractivity contribution in [1.29, 1.82) is 0 Å². The van der Waals surface area contributed by atoms with E-state index < -0.39 is 12.0 Å². The van der Waals surface area contributed by atoms with Gasteiger partial charge >= 0.3 is 0 Å². The van der Waals surface area contributed by atoms with Crippen molar-refractivity contribution in [2.45, 2.75) is 0 Å². The lowest BCUT2D eigenvalue weighted by molar-refractivity contribution is 0.0920. The molecule has 0 atom stereocenters. The van der Waals surface area contributed by atoms with Crippen LogP contribution in [-0.2, 0) is 0 Å². The highest BCUT2D eigenvalue weighted by atomic mass is 16.5. The van der Waals surface area contributed by atoms with Crippen LogP contribution in [0.15, 0.2) is 69.9 Å². The summed E-state index contributed by atoms with van der Waals surface area (Å²) in [5, 5.41) is 0.338. The highest BCUT2D eigenvalue weighted by Gasteiger charge is 2.21. The maximum absolute atomic E-state index is 13.3. The summed E-state index contributed by atoms with van der Waals surface area (Å²) in [5.74, 6) is 1.63. The van der Waals surface area contributed by atoms with Gasteiger partial charge in [-0.1, -0.05) is 12.1 Å². The fraction of sp³-hybridized carbons (Fsp3) is 0.185. The molecule has 8 nitrogen and oxygen atoms in total. The molecule has 180 valence electrons. The first-order valence-corrected chi connectivity index (χ1v) is 10.7. The van der Waals surface area contributed by atoms with Gasteiger partial charge in [0.25, 0.3) is 0 Å². The Morgan fingerprint density at radius 1 is 0.771 bits per heavy atom. The second-order valence-electron chi connectivity index (χ2n) is 7.44. The largest absolute Gasteiger partial charge is 0.493 e. The molecule has 4 aromatic rings. The molecule has 0 radical (unpaired) electrons. The van der Waals surface area contributed by atoms with Crippen molar-refractivity contribution in [3.8, 4) is 40.1 Å². The summed E-state index contributed by atoms with van der Waals surface area (Å²) in [7, 11) is 6.04. The molecule has 0 spiro atoms. The number of carbonyl (C=O) groups excluding carboxylic acids is 1. The molecule has 35 heavy (non-hydrogen) atoms. The molecular formula is C27H24O8. The van der Waals surface area contributed by atoms with E-state index in [2.05, 4.69) is 0 Å². The Bertz CT molecular complexity index is 1440. The fourth-order valence-electron chi connectivity index (χ4n) is 3.65. The molecule has 0 bridgehead atoms. The van der Waals surface area contributed by atoms with E-state index in [0.29, 0.717) is 45.1 Å². The molecule has 0 aliphatic carbocycles. The molecule has 0 saturated carbocycles. The molecule has 0 aliphatic heterocycles. The molecule has 0 unspecified atom stereocenters. The Labute approximate surface area is 201 Å². The van der Waals surface area contributed by atoms with E-state index in [-0.39, 0.29) is 17.3 Å². The van der Waals surface area contributed by atoms with Crippen molar-refractivity contribution in [2.75, 3.05) is 35.0 Å². The number of Topliss-reactive ketones (excluding diaryl/α,β-unsaturated/α-hetero) is 1. The van der Waals surface area contributed by atoms with Gasteiger partial charge in [-0.25, -0.2) is 0 Å². The highest BCUT2D eigenvalue weighted by Crippen LogP contribution is 2.37. The van der Waals surface area contributed by atoms with Crippen molar-refractivity contribution >= 4 is 16.8 Å². The molecule has 8 heteroatoms. The number of ether oxygens (including phenoxy) is 5. The van der Waals surface area contributed by atoms with E-state index in [9.17, 15) is 9.59 Å². The Morgan fingerprint density at radius 2 is 1.40 bits per heavy atom.